The molecule has 0 spiro atoms. The van der Waals surface area contributed by atoms with Crippen LogP contribution in [0.4, 0.5) is 0 Å². The zero-order valence-corrected chi connectivity index (χ0v) is 5.91. The van der Waals surface area contributed by atoms with Crippen molar-refractivity contribution < 1.29 is 0 Å². The average molecular weight is 111 g/mol. The van der Waals surface area contributed by atoms with E-state index in [1.165, 1.54) is 5.57 Å². The highest BCUT2D eigenvalue weighted by Gasteiger charge is 1.84. The van der Waals surface area contributed by atoms with Crippen LogP contribution in [0.3, 0.4) is 0 Å². The standard InChI is InChI=1S/C8H15/c1-4-7-8(5-2)6-3/h7H,2,4-6H2,1,3H3. The van der Waals surface area contributed by atoms with Gasteiger partial charge in [0.15, 0.2) is 0 Å². The van der Waals surface area contributed by atoms with Gasteiger partial charge < -0.3 is 0 Å². The molecule has 8 heavy (non-hydrogen) atoms. The van der Waals surface area contributed by atoms with Crippen LogP contribution in [-0.2, 0) is 0 Å². The SMILES string of the molecule is [CH2]CC(=CCC)CC. The molecule has 0 saturated carbocycles. The second-order valence-corrected chi connectivity index (χ2v) is 1.87. The number of rotatable bonds is 3. The maximum atomic E-state index is 3.81. The normalized spacial score (nSPS) is 12.1. The van der Waals surface area contributed by atoms with Gasteiger partial charge >= 0.3 is 0 Å². The molecule has 0 nitrogen and oxygen atoms in total. The van der Waals surface area contributed by atoms with E-state index in [2.05, 4.69) is 26.8 Å². The van der Waals surface area contributed by atoms with Crippen LogP contribution in [0.25, 0.3) is 0 Å². The second kappa shape index (κ2) is 4.89. The molecule has 0 aromatic carbocycles. The lowest BCUT2D eigenvalue weighted by Gasteiger charge is -1.95. The van der Waals surface area contributed by atoms with E-state index in [1.807, 2.05) is 0 Å². The maximum Gasteiger partial charge on any atom is -0.0320 e. The van der Waals surface area contributed by atoms with Gasteiger partial charge in [-0.3, -0.25) is 0 Å². The largest absolute Gasteiger partial charge is 0.0856 e. The molecule has 0 aromatic heterocycles. The van der Waals surface area contributed by atoms with E-state index in [9.17, 15) is 0 Å². The number of hydrogen-bond donors (Lipinski definition) is 0. The van der Waals surface area contributed by atoms with E-state index >= 15 is 0 Å². The van der Waals surface area contributed by atoms with E-state index < -0.39 is 0 Å². The Morgan fingerprint density at radius 2 is 2.12 bits per heavy atom. The first-order valence-corrected chi connectivity index (χ1v) is 3.32. The second-order valence-electron chi connectivity index (χ2n) is 1.87. The molecule has 0 heteroatoms. The van der Waals surface area contributed by atoms with E-state index in [1.54, 1.807) is 0 Å². The van der Waals surface area contributed by atoms with Crippen molar-refractivity contribution in [3.05, 3.63) is 18.6 Å². The maximum absolute atomic E-state index is 3.81. The Balaban J connectivity index is 3.49. The van der Waals surface area contributed by atoms with Crippen molar-refractivity contribution in [1.82, 2.24) is 0 Å². The predicted octanol–water partition coefficient (Wildman–Crippen LogP) is 2.96. The lowest BCUT2D eigenvalue weighted by molar-refractivity contribution is 1.000. The molecule has 0 N–H and O–H groups in total. The summed E-state index contributed by atoms with van der Waals surface area (Å²) in [7, 11) is 0. The van der Waals surface area contributed by atoms with Crippen molar-refractivity contribution in [2.24, 2.45) is 0 Å². The Kier molecular flexibility index (Phi) is 4.73. The molecule has 0 aromatic rings. The first kappa shape index (κ1) is 7.74. The summed E-state index contributed by atoms with van der Waals surface area (Å²) in [5.74, 6) is 0. The fourth-order valence-corrected chi connectivity index (χ4v) is 0.712. The van der Waals surface area contributed by atoms with Crippen molar-refractivity contribution in [2.75, 3.05) is 0 Å². The van der Waals surface area contributed by atoms with Crippen molar-refractivity contribution >= 4 is 0 Å². The lowest BCUT2D eigenvalue weighted by atomic mass is 10.1. The first-order chi connectivity index (χ1) is 3.85. The lowest BCUT2D eigenvalue weighted by Crippen LogP contribution is -1.75. The molecule has 0 bridgehead atoms. The van der Waals surface area contributed by atoms with Crippen LogP contribution < -0.4 is 0 Å². The highest BCUT2D eigenvalue weighted by molar-refractivity contribution is 5.00. The van der Waals surface area contributed by atoms with Crippen molar-refractivity contribution in [2.45, 2.75) is 33.1 Å². The van der Waals surface area contributed by atoms with Crippen molar-refractivity contribution in [3.63, 3.8) is 0 Å². The highest BCUT2D eigenvalue weighted by atomic mass is 13.9. The third-order valence-corrected chi connectivity index (χ3v) is 1.27. The summed E-state index contributed by atoms with van der Waals surface area (Å²) in [6, 6.07) is 0. The molecule has 0 unspecified atom stereocenters. The fourth-order valence-electron chi connectivity index (χ4n) is 0.712. The van der Waals surface area contributed by atoms with Crippen LogP contribution in [0.5, 0.6) is 0 Å². The van der Waals surface area contributed by atoms with Crippen LogP contribution in [0.2, 0.25) is 0 Å². The Hall–Kier alpha value is -0.260. The summed E-state index contributed by atoms with van der Waals surface area (Å²) in [6.07, 6.45) is 5.55. The van der Waals surface area contributed by atoms with Gasteiger partial charge in [0.1, 0.15) is 0 Å². The topological polar surface area (TPSA) is 0 Å². The molecule has 0 aliphatic rings. The molecule has 0 atom stereocenters. The molecule has 0 amide bonds. The summed E-state index contributed by atoms with van der Waals surface area (Å²) in [5.41, 5.74) is 1.48. The van der Waals surface area contributed by atoms with Crippen LogP contribution >= 0.6 is 0 Å². The minimum Gasteiger partial charge on any atom is -0.0856 e. The molecule has 0 aliphatic heterocycles. The minimum atomic E-state index is 0.977. The zero-order valence-electron chi connectivity index (χ0n) is 5.91. The molecule has 0 heterocycles. The third kappa shape index (κ3) is 2.84. The van der Waals surface area contributed by atoms with Crippen molar-refractivity contribution in [1.29, 1.82) is 0 Å². The summed E-state index contributed by atoms with van der Waals surface area (Å²) in [6.45, 7) is 8.14. The van der Waals surface area contributed by atoms with E-state index in [0.29, 0.717) is 0 Å². The Morgan fingerprint density at radius 1 is 1.50 bits per heavy atom. The number of allylic oxidation sites excluding steroid dienone is 2. The third-order valence-electron chi connectivity index (χ3n) is 1.27. The van der Waals surface area contributed by atoms with Crippen LogP contribution in [0, 0.1) is 6.92 Å². The van der Waals surface area contributed by atoms with E-state index in [0.717, 1.165) is 19.3 Å². The average Bonchev–Trinajstić information content (AvgIpc) is 1.83. The molecule has 0 aliphatic carbocycles. The van der Waals surface area contributed by atoms with Gasteiger partial charge in [0.25, 0.3) is 0 Å². The Morgan fingerprint density at radius 3 is 2.25 bits per heavy atom. The molecule has 0 rings (SSSR count). The highest BCUT2D eigenvalue weighted by Crippen LogP contribution is 2.04. The predicted molar refractivity (Wildman–Crippen MR) is 38.6 cm³/mol. The summed E-state index contributed by atoms with van der Waals surface area (Å²) >= 11 is 0. The van der Waals surface area contributed by atoms with Gasteiger partial charge in [0, 0.05) is 0 Å². The zero-order chi connectivity index (χ0) is 6.41. The summed E-state index contributed by atoms with van der Waals surface area (Å²) in [5, 5.41) is 0. The molecule has 1 radical (unpaired) electrons. The van der Waals surface area contributed by atoms with Gasteiger partial charge in [0.2, 0.25) is 0 Å². The van der Waals surface area contributed by atoms with Gasteiger partial charge in [-0.25, -0.2) is 0 Å². The van der Waals surface area contributed by atoms with E-state index in [4.69, 9.17) is 0 Å². The molecule has 47 valence electrons. The van der Waals surface area contributed by atoms with Crippen LogP contribution in [0.1, 0.15) is 33.1 Å². The Bertz CT molecular complexity index is 64.1. The first-order valence-electron chi connectivity index (χ1n) is 3.32. The monoisotopic (exact) mass is 111 g/mol. The molecular formula is C8H15. The molecule has 0 saturated heterocycles. The minimum absolute atomic E-state index is 0.977. The summed E-state index contributed by atoms with van der Waals surface area (Å²) < 4.78 is 0. The van der Waals surface area contributed by atoms with Gasteiger partial charge in [-0.2, -0.15) is 0 Å². The number of hydrogen-bond acceptors (Lipinski definition) is 0. The van der Waals surface area contributed by atoms with Crippen LogP contribution in [-0.4, -0.2) is 0 Å². The van der Waals surface area contributed by atoms with Crippen LogP contribution in [0.15, 0.2) is 11.6 Å². The van der Waals surface area contributed by atoms with Gasteiger partial charge in [0.05, 0.1) is 0 Å². The smallest absolute Gasteiger partial charge is 0.0320 e. The molecular weight excluding hydrogens is 96.1 g/mol. The van der Waals surface area contributed by atoms with Crippen molar-refractivity contribution in [3.8, 4) is 0 Å². The van der Waals surface area contributed by atoms with E-state index in [-0.39, 0.29) is 0 Å². The van der Waals surface area contributed by atoms with Gasteiger partial charge in [-0.1, -0.05) is 25.5 Å². The quantitative estimate of drug-likeness (QED) is 0.491. The summed E-state index contributed by atoms with van der Waals surface area (Å²) in [4.78, 5) is 0. The van der Waals surface area contributed by atoms with Gasteiger partial charge in [-0.15, -0.1) is 0 Å². The Labute approximate surface area is 52.6 Å². The van der Waals surface area contributed by atoms with Gasteiger partial charge in [-0.05, 0) is 26.2 Å². The fraction of sp³-hybridized carbons (Fsp3) is 0.625. The molecule has 0 fully saturated rings.